The SMILES string of the molecule is CNC(C)c1cc(F)ccc1N1CCCCC1. The van der Waals surface area contributed by atoms with Crippen molar-refractivity contribution < 1.29 is 4.39 Å². The van der Waals surface area contributed by atoms with Gasteiger partial charge >= 0.3 is 0 Å². The van der Waals surface area contributed by atoms with E-state index in [4.69, 9.17) is 0 Å². The second kappa shape index (κ2) is 5.50. The average molecular weight is 236 g/mol. The number of rotatable bonds is 3. The Hall–Kier alpha value is -1.09. The highest BCUT2D eigenvalue weighted by Crippen LogP contribution is 2.29. The van der Waals surface area contributed by atoms with Crippen LogP contribution >= 0.6 is 0 Å². The number of nitrogens with one attached hydrogen (secondary N) is 1. The Morgan fingerprint density at radius 2 is 1.94 bits per heavy atom. The monoisotopic (exact) mass is 236 g/mol. The number of nitrogens with zero attached hydrogens (tertiary/aromatic N) is 1. The topological polar surface area (TPSA) is 15.3 Å². The second-order valence-electron chi connectivity index (χ2n) is 4.76. The summed E-state index contributed by atoms with van der Waals surface area (Å²) < 4.78 is 13.4. The van der Waals surface area contributed by atoms with Gasteiger partial charge < -0.3 is 10.2 Å². The molecule has 17 heavy (non-hydrogen) atoms. The first-order chi connectivity index (χ1) is 8.22. The van der Waals surface area contributed by atoms with E-state index in [-0.39, 0.29) is 11.9 Å². The molecule has 1 aliphatic rings. The summed E-state index contributed by atoms with van der Waals surface area (Å²) in [5.41, 5.74) is 2.25. The molecule has 1 aromatic carbocycles. The number of halogens is 1. The zero-order chi connectivity index (χ0) is 12.3. The summed E-state index contributed by atoms with van der Waals surface area (Å²) in [7, 11) is 1.91. The lowest BCUT2D eigenvalue weighted by Gasteiger charge is -2.32. The molecular formula is C14H21FN2. The van der Waals surface area contributed by atoms with Gasteiger partial charge in [0.05, 0.1) is 0 Å². The van der Waals surface area contributed by atoms with E-state index in [0.29, 0.717) is 0 Å². The van der Waals surface area contributed by atoms with E-state index >= 15 is 0 Å². The molecular weight excluding hydrogens is 215 g/mol. The summed E-state index contributed by atoms with van der Waals surface area (Å²) in [4.78, 5) is 2.38. The van der Waals surface area contributed by atoms with Crippen LogP contribution < -0.4 is 10.2 Å². The maximum Gasteiger partial charge on any atom is 0.123 e. The van der Waals surface area contributed by atoms with E-state index in [1.165, 1.54) is 24.9 Å². The molecule has 2 rings (SSSR count). The van der Waals surface area contributed by atoms with E-state index in [0.717, 1.165) is 18.7 Å². The van der Waals surface area contributed by atoms with Crippen molar-refractivity contribution >= 4 is 5.69 Å². The second-order valence-corrected chi connectivity index (χ2v) is 4.76. The van der Waals surface area contributed by atoms with Gasteiger partial charge in [-0.15, -0.1) is 0 Å². The third-order valence-corrected chi connectivity index (χ3v) is 3.59. The van der Waals surface area contributed by atoms with Crippen LogP contribution in [-0.4, -0.2) is 20.1 Å². The van der Waals surface area contributed by atoms with Crippen molar-refractivity contribution in [1.82, 2.24) is 5.32 Å². The predicted octanol–water partition coefficient (Wildman–Crippen LogP) is 3.10. The molecule has 2 nitrogen and oxygen atoms in total. The van der Waals surface area contributed by atoms with Crippen LogP contribution in [0.3, 0.4) is 0 Å². The van der Waals surface area contributed by atoms with Crippen LogP contribution in [0.1, 0.15) is 37.8 Å². The lowest BCUT2D eigenvalue weighted by atomic mass is 10.0. The maximum absolute atomic E-state index is 13.4. The first kappa shape index (κ1) is 12.4. The summed E-state index contributed by atoms with van der Waals surface area (Å²) in [6, 6.07) is 5.33. The normalized spacial score (nSPS) is 18.2. The fourth-order valence-corrected chi connectivity index (χ4v) is 2.45. The molecule has 1 unspecified atom stereocenters. The molecule has 0 amide bonds. The molecule has 1 fully saturated rings. The van der Waals surface area contributed by atoms with Gasteiger partial charge in [-0.3, -0.25) is 0 Å². The Kier molecular flexibility index (Phi) is 4.00. The Morgan fingerprint density at radius 3 is 2.59 bits per heavy atom. The Balaban J connectivity index is 2.30. The lowest BCUT2D eigenvalue weighted by molar-refractivity contribution is 0.566. The molecule has 1 N–H and O–H groups in total. The third-order valence-electron chi connectivity index (χ3n) is 3.59. The zero-order valence-electron chi connectivity index (χ0n) is 10.7. The standard InChI is InChI=1S/C14H21FN2/c1-11(16-2)13-10-12(15)6-7-14(13)17-8-4-3-5-9-17/h6-7,10-11,16H,3-5,8-9H2,1-2H3. The quantitative estimate of drug-likeness (QED) is 0.867. The van der Waals surface area contributed by atoms with Crippen molar-refractivity contribution in [1.29, 1.82) is 0 Å². The van der Waals surface area contributed by atoms with E-state index in [1.54, 1.807) is 12.1 Å². The minimum atomic E-state index is -0.150. The van der Waals surface area contributed by atoms with E-state index in [1.807, 2.05) is 13.1 Å². The fourth-order valence-electron chi connectivity index (χ4n) is 2.45. The van der Waals surface area contributed by atoms with Crippen molar-refractivity contribution in [3.05, 3.63) is 29.6 Å². The van der Waals surface area contributed by atoms with Crippen LogP contribution in [0.25, 0.3) is 0 Å². The summed E-state index contributed by atoms with van der Waals surface area (Å²) in [5, 5.41) is 3.19. The average Bonchev–Trinajstić information content (AvgIpc) is 2.38. The molecule has 1 heterocycles. The van der Waals surface area contributed by atoms with Gasteiger partial charge in [0.25, 0.3) is 0 Å². The van der Waals surface area contributed by atoms with E-state index in [2.05, 4.69) is 17.1 Å². The van der Waals surface area contributed by atoms with Crippen molar-refractivity contribution in [2.24, 2.45) is 0 Å². The highest BCUT2D eigenvalue weighted by Gasteiger charge is 2.17. The third kappa shape index (κ3) is 2.78. The smallest absolute Gasteiger partial charge is 0.123 e. The van der Waals surface area contributed by atoms with Gasteiger partial charge in [0, 0.05) is 24.8 Å². The van der Waals surface area contributed by atoms with Gasteiger partial charge in [0.2, 0.25) is 0 Å². The van der Waals surface area contributed by atoms with Crippen LogP contribution in [0.2, 0.25) is 0 Å². The van der Waals surface area contributed by atoms with Gasteiger partial charge in [0.1, 0.15) is 5.82 Å². The van der Waals surface area contributed by atoms with Crippen molar-refractivity contribution in [2.45, 2.75) is 32.2 Å². The number of anilines is 1. The summed E-state index contributed by atoms with van der Waals surface area (Å²) in [5.74, 6) is -0.150. The Bertz CT molecular complexity index is 372. The van der Waals surface area contributed by atoms with Crippen LogP contribution in [0, 0.1) is 5.82 Å². The maximum atomic E-state index is 13.4. The summed E-state index contributed by atoms with van der Waals surface area (Å²) in [6.45, 7) is 4.26. The molecule has 0 radical (unpaired) electrons. The van der Waals surface area contributed by atoms with Crippen molar-refractivity contribution in [3.63, 3.8) is 0 Å². The van der Waals surface area contributed by atoms with Crippen LogP contribution in [-0.2, 0) is 0 Å². The minimum Gasteiger partial charge on any atom is -0.371 e. The summed E-state index contributed by atoms with van der Waals surface area (Å²) in [6.07, 6.45) is 3.80. The van der Waals surface area contributed by atoms with Gasteiger partial charge in [-0.1, -0.05) is 0 Å². The van der Waals surface area contributed by atoms with Crippen LogP contribution in [0.15, 0.2) is 18.2 Å². The first-order valence-electron chi connectivity index (χ1n) is 6.44. The van der Waals surface area contributed by atoms with Crippen LogP contribution in [0.4, 0.5) is 10.1 Å². The van der Waals surface area contributed by atoms with E-state index in [9.17, 15) is 4.39 Å². The Morgan fingerprint density at radius 1 is 1.24 bits per heavy atom. The number of benzene rings is 1. The Labute approximate surface area is 103 Å². The lowest BCUT2D eigenvalue weighted by Crippen LogP contribution is -2.31. The van der Waals surface area contributed by atoms with Gasteiger partial charge in [-0.2, -0.15) is 0 Å². The molecule has 0 bridgehead atoms. The van der Waals surface area contributed by atoms with Gasteiger partial charge in [-0.25, -0.2) is 4.39 Å². The number of piperidine rings is 1. The van der Waals surface area contributed by atoms with Gasteiger partial charge in [0.15, 0.2) is 0 Å². The van der Waals surface area contributed by atoms with E-state index < -0.39 is 0 Å². The number of hydrogen-bond acceptors (Lipinski definition) is 2. The van der Waals surface area contributed by atoms with Crippen molar-refractivity contribution in [2.75, 3.05) is 25.0 Å². The molecule has 1 atom stereocenters. The predicted molar refractivity (Wildman–Crippen MR) is 69.9 cm³/mol. The fraction of sp³-hybridized carbons (Fsp3) is 0.571. The highest BCUT2D eigenvalue weighted by molar-refractivity contribution is 5.55. The molecule has 3 heteroatoms. The molecule has 1 aliphatic heterocycles. The highest BCUT2D eigenvalue weighted by atomic mass is 19.1. The molecule has 94 valence electrons. The molecule has 0 aromatic heterocycles. The zero-order valence-corrected chi connectivity index (χ0v) is 10.7. The van der Waals surface area contributed by atoms with Crippen LogP contribution in [0.5, 0.6) is 0 Å². The summed E-state index contributed by atoms with van der Waals surface area (Å²) >= 11 is 0. The van der Waals surface area contributed by atoms with Crippen molar-refractivity contribution in [3.8, 4) is 0 Å². The molecule has 0 spiro atoms. The first-order valence-corrected chi connectivity index (χ1v) is 6.44. The largest absolute Gasteiger partial charge is 0.371 e. The molecule has 0 saturated carbocycles. The molecule has 0 aliphatic carbocycles. The molecule has 1 saturated heterocycles. The minimum absolute atomic E-state index is 0.150. The van der Waals surface area contributed by atoms with Gasteiger partial charge in [-0.05, 0) is 57.0 Å². The molecule has 1 aromatic rings. The number of hydrogen-bond donors (Lipinski definition) is 1.